The molecule has 1 aliphatic rings. The zero-order valence-electron chi connectivity index (χ0n) is 17.8. The van der Waals surface area contributed by atoms with Crippen LogP contribution in [-0.4, -0.2) is 57.2 Å². The van der Waals surface area contributed by atoms with Crippen LogP contribution in [0.15, 0.2) is 60.9 Å². The Morgan fingerprint density at radius 2 is 1.87 bits per heavy atom. The van der Waals surface area contributed by atoms with Crippen molar-refractivity contribution in [2.45, 2.75) is 20.0 Å². The minimum Gasteiger partial charge on any atom is -0.331 e. The number of halogens is 1. The van der Waals surface area contributed by atoms with Gasteiger partial charge in [0.2, 0.25) is 5.91 Å². The zero-order valence-corrected chi connectivity index (χ0v) is 17.8. The van der Waals surface area contributed by atoms with Gasteiger partial charge in [0.05, 0.1) is 18.8 Å². The minimum absolute atomic E-state index is 0.000892. The van der Waals surface area contributed by atoms with Crippen LogP contribution in [0.2, 0.25) is 0 Å². The van der Waals surface area contributed by atoms with Gasteiger partial charge in [-0.1, -0.05) is 13.0 Å². The Labute approximate surface area is 181 Å². The van der Waals surface area contributed by atoms with E-state index in [4.69, 9.17) is 5.10 Å². The van der Waals surface area contributed by atoms with Gasteiger partial charge in [0.25, 0.3) is 0 Å². The summed E-state index contributed by atoms with van der Waals surface area (Å²) in [5.41, 5.74) is 4.54. The van der Waals surface area contributed by atoms with Crippen molar-refractivity contribution in [2.75, 3.05) is 26.7 Å². The minimum atomic E-state index is -0.282. The first-order valence-electron chi connectivity index (χ1n) is 10.5. The van der Waals surface area contributed by atoms with Gasteiger partial charge >= 0.3 is 0 Å². The normalized spacial score (nSPS) is 13.7. The van der Waals surface area contributed by atoms with E-state index in [1.807, 2.05) is 34.8 Å². The summed E-state index contributed by atoms with van der Waals surface area (Å²) >= 11 is 0. The van der Waals surface area contributed by atoms with Crippen LogP contribution in [-0.2, 0) is 17.9 Å². The first-order chi connectivity index (χ1) is 15.1. The highest BCUT2D eigenvalue weighted by molar-refractivity contribution is 5.88. The lowest BCUT2D eigenvalue weighted by atomic mass is 9.99. The Hall–Kier alpha value is -3.32. The van der Waals surface area contributed by atoms with Crippen molar-refractivity contribution in [3.63, 3.8) is 0 Å². The van der Waals surface area contributed by atoms with Crippen LogP contribution in [0.1, 0.15) is 12.6 Å². The summed E-state index contributed by atoms with van der Waals surface area (Å²) in [7, 11) is 2.02. The molecule has 0 saturated carbocycles. The number of likely N-dealkylation sites (N-methyl/N-ethyl adjacent to an activating group) is 1. The fourth-order valence-corrected chi connectivity index (χ4v) is 3.71. The van der Waals surface area contributed by atoms with Crippen LogP contribution in [0.25, 0.3) is 22.4 Å². The quantitative estimate of drug-likeness (QED) is 0.573. The van der Waals surface area contributed by atoms with Gasteiger partial charge in [0.1, 0.15) is 11.5 Å². The number of nitrogens with zero attached hydrogens (tertiary/aromatic N) is 5. The van der Waals surface area contributed by atoms with E-state index in [-0.39, 0.29) is 11.7 Å². The second-order valence-electron chi connectivity index (χ2n) is 7.65. The molecule has 0 radical (unpaired) electrons. The van der Waals surface area contributed by atoms with Gasteiger partial charge in [-0.05, 0) is 55.6 Å². The van der Waals surface area contributed by atoms with E-state index in [2.05, 4.69) is 16.8 Å². The zero-order chi connectivity index (χ0) is 21.8. The molecule has 0 spiro atoms. The van der Waals surface area contributed by atoms with Crippen molar-refractivity contribution in [1.82, 2.24) is 24.6 Å². The van der Waals surface area contributed by atoms with Crippen LogP contribution in [0.5, 0.6) is 0 Å². The van der Waals surface area contributed by atoms with Gasteiger partial charge in [0.15, 0.2) is 0 Å². The van der Waals surface area contributed by atoms with Crippen molar-refractivity contribution in [3.05, 3.63) is 72.5 Å². The average Bonchev–Trinajstić information content (AvgIpc) is 3.18. The smallest absolute Gasteiger partial charge is 0.246 e. The third kappa shape index (κ3) is 4.56. The van der Waals surface area contributed by atoms with Crippen LogP contribution in [0.3, 0.4) is 0 Å². The Balaban J connectivity index is 1.68. The maximum absolute atomic E-state index is 13.5. The number of rotatable bonds is 6. The van der Waals surface area contributed by atoms with E-state index in [1.54, 1.807) is 30.6 Å². The number of pyridine rings is 1. The Morgan fingerprint density at radius 1 is 1.13 bits per heavy atom. The SMILES string of the molecule is CCN(C)C/C=C/C(=O)N1CCn2nc(-c3ccc(F)cc3)c(-c3ccncc3)c2C1. The lowest BCUT2D eigenvalue weighted by Gasteiger charge is -2.27. The number of aromatic nitrogens is 3. The van der Waals surface area contributed by atoms with Gasteiger partial charge in [0, 0.05) is 42.7 Å². The molecule has 0 bridgehead atoms. The van der Waals surface area contributed by atoms with Crippen molar-refractivity contribution in [2.24, 2.45) is 0 Å². The molecule has 0 aliphatic carbocycles. The number of amides is 1. The molecule has 0 atom stereocenters. The van der Waals surface area contributed by atoms with Gasteiger partial charge in [-0.3, -0.25) is 14.5 Å². The summed E-state index contributed by atoms with van der Waals surface area (Å²) in [5.74, 6) is -0.281. The van der Waals surface area contributed by atoms with Gasteiger partial charge in [-0.25, -0.2) is 4.39 Å². The molecule has 3 heterocycles. The molecule has 2 aromatic heterocycles. The first-order valence-corrected chi connectivity index (χ1v) is 10.5. The number of fused-ring (bicyclic) bond motifs is 1. The molecule has 31 heavy (non-hydrogen) atoms. The summed E-state index contributed by atoms with van der Waals surface area (Å²) < 4.78 is 15.4. The molecular weight excluding hydrogens is 393 g/mol. The predicted molar refractivity (Wildman–Crippen MR) is 119 cm³/mol. The van der Waals surface area contributed by atoms with Crippen LogP contribution < -0.4 is 0 Å². The van der Waals surface area contributed by atoms with E-state index in [0.717, 1.165) is 41.2 Å². The van der Waals surface area contributed by atoms with E-state index in [0.29, 0.717) is 19.6 Å². The highest BCUT2D eigenvalue weighted by atomic mass is 19.1. The fraction of sp³-hybridized carbons (Fsp3) is 0.292. The van der Waals surface area contributed by atoms with Crippen molar-refractivity contribution in [1.29, 1.82) is 0 Å². The molecule has 0 unspecified atom stereocenters. The molecule has 160 valence electrons. The lowest BCUT2D eigenvalue weighted by Crippen LogP contribution is -2.37. The molecule has 6 nitrogen and oxygen atoms in total. The van der Waals surface area contributed by atoms with Gasteiger partial charge < -0.3 is 9.80 Å². The molecule has 4 rings (SSSR count). The van der Waals surface area contributed by atoms with E-state index in [9.17, 15) is 9.18 Å². The Kier molecular flexibility index (Phi) is 6.23. The van der Waals surface area contributed by atoms with Gasteiger partial charge in [-0.15, -0.1) is 0 Å². The summed E-state index contributed by atoms with van der Waals surface area (Å²) in [6, 6.07) is 10.2. The van der Waals surface area contributed by atoms with E-state index < -0.39 is 0 Å². The largest absolute Gasteiger partial charge is 0.331 e. The highest BCUT2D eigenvalue weighted by Crippen LogP contribution is 2.36. The third-order valence-corrected chi connectivity index (χ3v) is 5.60. The van der Waals surface area contributed by atoms with Crippen LogP contribution >= 0.6 is 0 Å². The molecule has 0 saturated heterocycles. The fourth-order valence-electron chi connectivity index (χ4n) is 3.71. The molecule has 7 heteroatoms. The summed E-state index contributed by atoms with van der Waals surface area (Å²) in [4.78, 5) is 20.9. The second-order valence-corrected chi connectivity index (χ2v) is 7.65. The Bertz CT molecular complexity index is 1080. The molecule has 1 aromatic carbocycles. The molecule has 1 aliphatic heterocycles. The highest BCUT2D eigenvalue weighted by Gasteiger charge is 2.27. The average molecular weight is 420 g/mol. The Morgan fingerprint density at radius 3 is 2.58 bits per heavy atom. The molecule has 1 amide bonds. The van der Waals surface area contributed by atoms with Gasteiger partial charge in [-0.2, -0.15) is 5.10 Å². The van der Waals surface area contributed by atoms with Crippen molar-refractivity contribution in [3.8, 4) is 22.4 Å². The second kappa shape index (κ2) is 9.22. The lowest BCUT2D eigenvalue weighted by molar-refractivity contribution is -0.127. The number of carbonyl (C=O) groups is 1. The van der Waals surface area contributed by atoms with E-state index >= 15 is 0 Å². The number of hydrogen-bond acceptors (Lipinski definition) is 4. The summed E-state index contributed by atoms with van der Waals surface area (Å²) in [6.07, 6.45) is 7.05. The maximum atomic E-state index is 13.5. The summed E-state index contributed by atoms with van der Waals surface area (Å²) in [5, 5.41) is 4.83. The monoisotopic (exact) mass is 419 g/mol. The number of hydrogen-bond donors (Lipinski definition) is 0. The van der Waals surface area contributed by atoms with Crippen LogP contribution in [0.4, 0.5) is 4.39 Å². The molecule has 3 aromatic rings. The topological polar surface area (TPSA) is 54.3 Å². The van der Waals surface area contributed by atoms with E-state index in [1.165, 1.54) is 12.1 Å². The standard InChI is InChI=1S/C24H26FN5O/c1-3-28(2)14-4-5-22(31)29-15-16-30-21(17-29)23(18-10-12-26-13-11-18)24(27-30)19-6-8-20(25)9-7-19/h4-13H,3,14-17H2,1-2H3/b5-4+. The first kappa shape index (κ1) is 20.9. The maximum Gasteiger partial charge on any atom is 0.246 e. The van der Waals surface area contributed by atoms with Crippen molar-refractivity contribution >= 4 is 5.91 Å². The number of carbonyl (C=O) groups excluding carboxylic acids is 1. The molecular formula is C24H26FN5O. The molecule has 0 N–H and O–H groups in total. The van der Waals surface area contributed by atoms with Crippen molar-refractivity contribution < 1.29 is 9.18 Å². The number of benzene rings is 1. The molecule has 0 fully saturated rings. The van der Waals surface area contributed by atoms with Crippen LogP contribution in [0, 0.1) is 5.82 Å². The summed E-state index contributed by atoms with van der Waals surface area (Å²) in [6.45, 7) is 5.44. The predicted octanol–water partition coefficient (Wildman–Crippen LogP) is 3.60. The third-order valence-electron chi connectivity index (χ3n) is 5.60.